The molecule has 1 aromatic carbocycles. The third-order valence-corrected chi connectivity index (χ3v) is 5.32. The highest BCUT2D eigenvalue weighted by molar-refractivity contribution is 9.10. The Morgan fingerprint density at radius 1 is 1.38 bits per heavy atom. The molecule has 0 amide bonds. The predicted molar refractivity (Wildman–Crippen MR) is 84.9 cm³/mol. The van der Waals surface area contributed by atoms with E-state index in [1.54, 1.807) is 0 Å². The first-order valence-corrected chi connectivity index (χ1v) is 8.49. The predicted octanol–water partition coefficient (Wildman–Crippen LogP) is 4.44. The van der Waals surface area contributed by atoms with Gasteiger partial charge in [-0.25, -0.2) is 0 Å². The molecule has 0 aliphatic heterocycles. The van der Waals surface area contributed by atoms with Crippen LogP contribution in [-0.4, -0.2) is 17.7 Å². The van der Waals surface area contributed by atoms with Crippen LogP contribution >= 0.6 is 15.9 Å². The second kappa shape index (κ2) is 5.64. The Morgan fingerprint density at radius 2 is 2.05 bits per heavy atom. The third-order valence-electron chi connectivity index (χ3n) is 4.73. The van der Waals surface area contributed by atoms with Gasteiger partial charge >= 0.3 is 5.97 Å². The van der Waals surface area contributed by atoms with Crippen LogP contribution in [0.2, 0.25) is 0 Å². The number of carboxylic acids is 1. The second-order valence-corrected chi connectivity index (χ2v) is 7.33. The molecule has 2 aliphatic rings. The molecule has 3 nitrogen and oxygen atoms in total. The highest BCUT2D eigenvalue weighted by Gasteiger charge is 2.45. The maximum atomic E-state index is 12.0. The van der Waals surface area contributed by atoms with Crippen LogP contribution in [-0.2, 0) is 10.2 Å². The van der Waals surface area contributed by atoms with Gasteiger partial charge in [0, 0.05) is 5.56 Å². The maximum absolute atomic E-state index is 12.0. The first-order chi connectivity index (χ1) is 10.0. The minimum absolute atomic E-state index is 0.649. The molecule has 0 saturated heterocycles. The van der Waals surface area contributed by atoms with Crippen LogP contribution in [0.3, 0.4) is 0 Å². The van der Waals surface area contributed by atoms with E-state index in [1.807, 2.05) is 19.1 Å². The molecule has 0 radical (unpaired) electrons. The van der Waals surface area contributed by atoms with Crippen molar-refractivity contribution in [2.75, 3.05) is 6.61 Å². The fourth-order valence-corrected chi connectivity index (χ4v) is 3.98. The summed E-state index contributed by atoms with van der Waals surface area (Å²) in [5.74, 6) is 0.681. The molecule has 4 heteroatoms. The van der Waals surface area contributed by atoms with Crippen molar-refractivity contribution in [3.63, 3.8) is 0 Å². The van der Waals surface area contributed by atoms with Crippen LogP contribution in [0.1, 0.15) is 49.7 Å². The zero-order valence-electron chi connectivity index (χ0n) is 12.3. The van der Waals surface area contributed by atoms with E-state index in [1.165, 1.54) is 12.8 Å². The van der Waals surface area contributed by atoms with Gasteiger partial charge in [0.1, 0.15) is 5.75 Å². The number of aliphatic carboxylic acids is 1. The van der Waals surface area contributed by atoms with Gasteiger partial charge in [-0.05, 0) is 66.1 Å². The summed E-state index contributed by atoms with van der Waals surface area (Å²) in [5, 5.41) is 9.84. The van der Waals surface area contributed by atoms with E-state index >= 15 is 0 Å². The van der Waals surface area contributed by atoms with E-state index in [0.29, 0.717) is 25.4 Å². The van der Waals surface area contributed by atoms with Crippen molar-refractivity contribution >= 4 is 21.9 Å². The van der Waals surface area contributed by atoms with Crippen LogP contribution in [0.5, 0.6) is 5.75 Å². The Hall–Kier alpha value is -1.03. The van der Waals surface area contributed by atoms with Crippen molar-refractivity contribution < 1.29 is 14.6 Å². The van der Waals surface area contributed by atoms with Gasteiger partial charge in [0.05, 0.1) is 16.5 Å². The fourth-order valence-electron chi connectivity index (χ4n) is 3.29. The van der Waals surface area contributed by atoms with Gasteiger partial charge in [-0.1, -0.05) is 18.9 Å². The summed E-state index contributed by atoms with van der Waals surface area (Å²) in [4.78, 5) is 12.0. The van der Waals surface area contributed by atoms with Gasteiger partial charge in [-0.2, -0.15) is 0 Å². The lowest BCUT2D eigenvalue weighted by molar-refractivity contribution is -0.143. The lowest BCUT2D eigenvalue weighted by Gasteiger charge is -2.28. The van der Waals surface area contributed by atoms with Crippen LogP contribution in [0.4, 0.5) is 0 Å². The topological polar surface area (TPSA) is 46.5 Å². The van der Waals surface area contributed by atoms with E-state index in [0.717, 1.165) is 34.2 Å². The number of halogens is 1. The molecule has 0 unspecified atom stereocenters. The van der Waals surface area contributed by atoms with E-state index < -0.39 is 11.4 Å². The van der Waals surface area contributed by atoms with Crippen molar-refractivity contribution in [2.24, 2.45) is 5.92 Å². The number of rotatable bonds is 5. The molecule has 1 N–H and O–H groups in total. The van der Waals surface area contributed by atoms with E-state index in [2.05, 4.69) is 15.9 Å². The number of carbonyl (C=O) groups is 1. The largest absolute Gasteiger partial charge is 0.492 e. The minimum Gasteiger partial charge on any atom is -0.492 e. The molecule has 0 aromatic heterocycles. The summed E-state index contributed by atoms with van der Waals surface area (Å²) in [6.45, 7) is 2.70. The Labute approximate surface area is 133 Å². The Kier molecular flexibility index (Phi) is 4.00. The molecule has 3 rings (SSSR count). The van der Waals surface area contributed by atoms with E-state index in [-0.39, 0.29) is 0 Å². The molecule has 1 aromatic rings. The molecule has 114 valence electrons. The zero-order chi connectivity index (χ0) is 15.0. The first kappa shape index (κ1) is 14.9. The standard InChI is InChI=1S/C17H21BrO3/c1-11-8-13(17(16(19)20)6-2-3-7-17)15(14(18)9-11)21-10-12-4-5-12/h8-9,12H,2-7,10H2,1H3,(H,19,20). The summed E-state index contributed by atoms with van der Waals surface area (Å²) in [6, 6.07) is 4.02. The first-order valence-electron chi connectivity index (χ1n) is 7.70. The number of aryl methyl sites for hydroxylation is 1. The molecule has 0 spiro atoms. The van der Waals surface area contributed by atoms with Gasteiger partial charge in [0.15, 0.2) is 0 Å². The zero-order valence-corrected chi connectivity index (χ0v) is 13.9. The number of hydrogen-bond donors (Lipinski definition) is 1. The molecule has 2 aliphatic carbocycles. The van der Waals surface area contributed by atoms with Crippen molar-refractivity contribution in [3.05, 3.63) is 27.7 Å². The molecule has 0 atom stereocenters. The SMILES string of the molecule is Cc1cc(Br)c(OCC2CC2)c(C2(C(=O)O)CCCC2)c1. The number of benzene rings is 1. The fraction of sp³-hybridized carbons (Fsp3) is 0.588. The third kappa shape index (κ3) is 2.83. The Morgan fingerprint density at radius 3 is 2.62 bits per heavy atom. The molecule has 0 bridgehead atoms. The molecule has 21 heavy (non-hydrogen) atoms. The van der Waals surface area contributed by atoms with Gasteiger partial charge < -0.3 is 9.84 Å². The van der Waals surface area contributed by atoms with Gasteiger partial charge in [-0.15, -0.1) is 0 Å². The molecular formula is C17H21BrO3. The smallest absolute Gasteiger partial charge is 0.314 e. The Bertz CT molecular complexity index is 557. The molecule has 2 fully saturated rings. The lowest BCUT2D eigenvalue weighted by Crippen LogP contribution is -2.33. The number of carboxylic acid groups (broad SMARTS) is 1. The summed E-state index contributed by atoms with van der Waals surface area (Å²) in [5.41, 5.74) is 1.16. The Balaban J connectivity index is 2.03. The summed E-state index contributed by atoms with van der Waals surface area (Å²) in [6.07, 6.45) is 5.81. The molecular weight excluding hydrogens is 332 g/mol. The molecule has 0 heterocycles. The number of hydrogen-bond acceptors (Lipinski definition) is 2. The van der Waals surface area contributed by atoms with Crippen molar-refractivity contribution in [3.8, 4) is 5.75 Å². The quantitative estimate of drug-likeness (QED) is 0.851. The van der Waals surface area contributed by atoms with Crippen LogP contribution in [0, 0.1) is 12.8 Å². The summed E-state index contributed by atoms with van der Waals surface area (Å²) >= 11 is 3.57. The minimum atomic E-state index is -0.770. The van der Waals surface area contributed by atoms with Gasteiger partial charge in [0.2, 0.25) is 0 Å². The average Bonchev–Trinajstić information content (AvgIpc) is 3.11. The van der Waals surface area contributed by atoms with E-state index in [9.17, 15) is 9.90 Å². The monoisotopic (exact) mass is 352 g/mol. The summed E-state index contributed by atoms with van der Waals surface area (Å²) in [7, 11) is 0. The summed E-state index contributed by atoms with van der Waals surface area (Å²) < 4.78 is 6.90. The van der Waals surface area contributed by atoms with Crippen LogP contribution < -0.4 is 4.74 Å². The van der Waals surface area contributed by atoms with Crippen LogP contribution in [0.25, 0.3) is 0 Å². The highest BCUT2D eigenvalue weighted by Crippen LogP contribution is 2.48. The van der Waals surface area contributed by atoms with Gasteiger partial charge in [-0.3, -0.25) is 4.79 Å². The normalized spacial score (nSPS) is 20.5. The van der Waals surface area contributed by atoms with Crippen LogP contribution in [0.15, 0.2) is 16.6 Å². The van der Waals surface area contributed by atoms with E-state index in [4.69, 9.17) is 4.74 Å². The highest BCUT2D eigenvalue weighted by atomic mass is 79.9. The van der Waals surface area contributed by atoms with Crippen molar-refractivity contribution in [1.82, 2.24) is 0 Å². The van der Waals surface area contributed by atoms with Crippen molar-refractivity contribution in [1.29, 1.82) is 0 Å². The van der Waals surface area contributed by atoms with Crippen molar-refractivity contribution in [2.45, 2.75) is 50.9 Å². The molecule has 2 saturated carbocycles. The number of ether oxygens (including phenoxy) is 1. The second-order valence-electron chi connectivity index (χ2n) is 6.47. The average molecular weight is 353 g/mol. The lowest BCUT2D eigenvalue weighted by atomic mass is 9.78. The van der Waals surface area contributed by atoms with Gasteiger partial charge in [0.25, 0.3) is 0 Å². The maximum Gasteiger partial charge on any atom is 0.314 e.